The van der Waals surface area contributed by atoms with Crippen molar-refractivity contribution in [3.8, 4) is 0 Å². The minimum absolute atomic E-state index is 0.0750. The van der Waals surface area contributed by atoms with Crippen molar-refractivity contribution in [3.63, 3.8) is 0 Å². The molecule has 32 heavy (non-hydrogen) atoms. The number of carboxylic acid groups (broad SMARTS) is 1. The van der Waals surface area contributed by atoms with Crippen molar-refractivity contribution >= 4 is 23.7 Å². The summed E-state index contributed by atoms with van der Waals surface area (Å²) in [6.07, 6.45) is 3.52. The summed E-state index contributed by atoms with van der Waals surface area (Å²) in [7, 11) is 0. The predicted molar refractivity (Wildman–Crippen MR) is 115 cm³/mol. The van der Waals surface area contributed by atoms with E-state index >= 15 is 0 Å². The van der Waals surface area contributed by atoms with E-state index in [1.54, 1.807) is 20.8 Å². The number of imidazole rings is 1. The van der Waals surface area contributed by atoms with Gasteiger partial charge in [-0.2, -0.15) is 0 Å². The van der Waals surface area contributed by atoms with Crippen LogP contribution in [0.4, 0.5) is 0 Å². The number of H-pyrrole nitrogens is 1. The zero-order valence-corrected chi connectivity index (χ0v) is 18.8. The molecule has 0 bridgehead atoms. The van der Waals surface area contributed by atoms with E-state index in [2.05, 4.69) is 25.9 Å². The fourth-order valence-electron chi connectivity index (χ4n) is 2.80. The Morgan fingerprint density at radius 3 is 2.16 bits per heavy atom. The number of carboxylic acids is 1. The van der Waals surface area contributed by atoms with Crippen LogP contribution in [-0.4, -0.2) is 74.6 Å². The lowest BCUT2D eigenvalue weighted by atomic mass is 9.97. The molecule has 0 saturated carbocycles. The Kier molecular flexibility index (Phi) is 10.8. The van der Waals surface area contributed by atoms with Gasteiger partial charge in [0, 0.05) is 18.3 Å². The van der Waals surface area contributed by atoms with Crippen molar-refractivity contribution in [2.75, 3.05) is 6.61 Å². The highest BCUT2D eigenvalue weighted by Gasteiger charge is 2.33. The molecule has 12 heteroatoms. The molecule has 0 radical (unpaired) electrons. The molecule has 180 valence electrons. The minimum atomic E-state index is -1.50. The molecule has 8 N–H and O–H groups in total. The van der Waals surface area contributed by atoms with Crippen molar-refractivity contribution in [3.05, 3.63) is 18.2 Å². The molecule has 0 aromatic carbocycles. The summed E-state index contributed by atoms with van der Waals surface area (Å²) in [5.74, 6) is -3.82. The second-order valence-electron chi connectivity index (χ2n) is 8.07. The molecule has 5 unspecified atom stereocenters. The third kappa shape index (κ3) is 7.93. The lowest BCUT2D eigenvalue weighted by Gasteiger charge is -2.28. The number of aliphatic hydroxyl groups is 1. The van der Waals surface area contributed by atoms with E-state index in [1.165, 1.54) is 12.5 Å². The molecule has 0 aliphatic heterocycles. The van der Waals surface area contributed by atoms with Crippen LogP contribution in [0.3, 0.4) is 0 Å². The number of aliphatic hydroxyl groups excluding tert-OH is 1. The van der Waals surface area contributed by atoms with Crippen molar-refractivity contribution in [2.24, 2.45) is 17.6 Å². The molecule has 1 aromatic rings. The molecule has 1 heterocycles. The van der Waals surface area contributed by atoms with Crippen LogP contribution in [0.2, 0.25) is 0 Å². The summed E-state index contributed by atoms with van der Waals surface area (Å²) in [6, 6.07) is -4.47. The third-order valence-electron chi connectivity index (χ3n) is 5.22. The third-order valence-corrected chi connectivity index (χ3v) is 5.22. The van der Waals surface area contributed by atoms with Gasteiger partial charge in [0.1, 0.15) is 18.1 Å². The largest absolute Gasteiger partial charge is 0.480 e. The van der Waals surface area contributed by atoms with Gasteiger partial charge in [-0.25, -0.2) is 9.78 Å². The molecule has 1 rings (SSSR count). The van der Waals surface area contributed by atoms with E-state index in [0.29, 0.717) is 12.1 Å². The van der Waals surface area contributed by atoms with Crippen LogP contribution in [-0.2, 0) is 25.6 Å². The van der Waals surface area contributed by atoms with E-state index < -0.39 is 54.5 Å². The quantitative estimate of drug-likeness (QED) is 0.187. The average Bonchev–Trinajstić information content (AvgIpc) is 3.26. The van der Waals surface area contributed by atoms with Gasteiger partial charge in [0.05, 0.1) is 19.0 Å². The molecular formula is C20H34N6O6. The molecular weight excluding hydrogens is 420 g/mol. The van der Waals surface area contributed by atoms with Gasteiger partial charge < -0.3 is 36.9 Å². The van der Waals surface area contributed by atoms with Gasteiger partial charge in [0.15, 0.2) is 0 Å². The fraction of sp³-hybridized carbons (Fsp3) is 0.650. The summed E-state index contributed by atoms with van der Waals surface area (Å²) in [5.41, 5.74) is 6.47. The zero-order valence-electron chi connectivity index (χ0n) is 18.8. The maximum Gasteiger partial charge on any atom is 0.328 e. The number of aliphatic carboxylic acids is 1. The first kappa shape index (κ1) is 27.0. The number of nitrogens with zero attached hydrogens (tertiary/aromatic N) is 1. The lowest BCUT2D eigenvalue weighted by Crippen LogP contribution is -2.59. The van der Waals surface area contributed by atoms with Crippen LogP contribution in [0.5, 0.6) is 0 Å². The summed E-state index contributed by atoms with van der Waals surface area (Å²) >= 11 is 0. The fourth-order valence-corrected chi connectivity index (χ4v) is 2.80. The number of aromatic nitrogens is 2. The van der Waals surface area contributed by atoms with Crippen molar-refractivity contribution in [1.29, 1.82) is 0 Å². The Hall–Kier alpha value is -2.99. The normalized spacial score (nSPS) is 15.8. The number of hydrogen-bond donors (Lipinski definition) is 7. The number of hydrogen-bond acceptors (Lipinski definition) is 7. The number of nitrogens with two attached hydrogens (primary N) is 1. The van der Waals surface area contributed by atoms with Gasteiger partial charge in [-0.05, 0) is 11.8 Å². The van der Waals surface area contributed by atoms with Crippen LogP contribution >= 0.6 is 0 Å². The Morgan fingerprint density at radius 2 is 1.69 bits per heavy atom. The maximum atomic E-state index is 13.1. The highest BCUT2D eigenvalue weighted by atomic mass is 16.4. The second kappa shape index (κ2) is 12.8. The highest BCUT2D eigenvalue weighted by molar-refractivity contribution is 5.94. The molecule has 3 amide bonds. The van der Waals surface area contributed by atoms with Crippen LogP contribution < -0.4 is 21.7 Å². The smallest absolute Gasteiger partial charge is 0.328 e. The first-order valence-electron chi connectivity index (χ1n) is 10.5. The number of rotatable bonds is 13. The number of nitrogens with one attached hydrogen (secondary N) is 4. The Balaban J connectivity index is 3.06. The summed E-state index contributed by atoms with van der Waals surface area (Å²) < 4.78 is 0. The van der Waals surface area contributed by atoms with Crippen LogP contribution in [0, 0.1) is 11.8 Å². The van der Waals surface area contributed by atoms with Gasteiger partial charge in [-0.1, -0.05) is 34.1 Å². The standard InChI is InChI=1S/C20H34N6O6/c1-5-11(4)16(19(30)25-14(8-27)20(31)32)26-17(28)13(6-12-7-22-9-23-12)24-18(29)15(21)10(2)3/h7,9-11,13-16,27H,5-6,8,21H2,1-4H3,(H,22,23)(H,24,29)(H,25,30)(H,26,28)(H,31,32). The predicted octanol–water partition coefficient (Wildman–Crippen LogP) is -1.49. The van der Waals surface area contributed by atoms with E-state index in [-0.39, 0.29) is 18.3 Å². The summed E-state index contributed by atoms with van der Waals surface area (Å²) in [6.45, 7) is 6.28. The monoisotopic (exact) mass is 454 g/mol. The van der Waals surface area contributed by atoms with Crippen LogP contribution in [0.15, 0.2) is 12.5 Å². The number of aromatic amines is 1. The molecule has 0 aliphatic carbocycles. The van der Waals surface area contributed by atoms with Gasteiger partial charge in [-0.15, -0.1) is 0 Å². The Morgan fingerprint density at radius 1 is 1.06 bits per heavy atom. The van der Waals surface area contributed by atoms with E-state index in [1.807, 2.05) is 6.92 Å². The van der Waals surface area contributed by atoms with Crippen molar-refractivity contribution in [2.45, 2.75) is 64.7 Å². The van der Waals surface area contributed by atoms with E-state index in [9.17, 15) is 24.3 Å². The first-order chi connectivity index (χ1) is 15.0. The molecule has 0 fully saturated rings. The molecule has 5 atom stereocenters. The van der Waals surface area contributed by atoms with Gasteiger partial charge in [-0.3, -0.25) is 14.4 Å². The second-order valence-corrected chi connectivity index (χ2v) is 8.07. The Bertz CT molecular complexity index is 769. The Labute approximate surface area is 186 Å². The van der Waals surface area contributed by atoms with Gasteiger partial charge in [0.2, 0.25) is 17.7 Å². The van der Waals surface area contributed by atoms with Crippen molar-refractivity contribution < 1.29 is 29.4 Å². The first-order valence-corrected chi connectivity index (χ1v) is 10.5. The molecule has 12 nitrogen and oxygen atoms in total. The molecule has 1 aromatic heterocycles. The van der Waals surface area contributed by atoms with Gasteiger partial charge >= 0.3 is 5.97 Å². The topological polar surface area (TPSA) is 200 Å². The highest BCUT2D eigenvalue weighted by Crippen LogP contribution is 2.10. The molecule has 0 aliphatic rings. The summed E-state index contributed by atoms with van der Waals surface area (Å²) in [4.78, 5) is 56.1. The number of carbonyl (C=O) groups is 4. The number of amides is 3. The maximum absolute atomic E-state index is 13.1. The van der Waals surface area contributed by atoms with E-state index in [4.69, 9.17) is 10.8 Å². The van der Waals surface area contributed by atoms with Crippen LogP contribution in [0.25, 0.3) is 0 Å². The average molecular weight is 455 g/mol. The molecule has 0 saturated heterocycles. The summed E-state index contributed by atoms with van der Waals surface area (Å²) in [5, 5.41) is 25.7. The zero-order chi connectivity index (χ0) is 24.4. The number of carbonyl (C=O) groups excluding carboxylic acids is 3. The SMILES string of the molecule is CCC(C)C(NC(=O)C(Cc1cnc[nH]1)NC(=O)C(N)C(C)C)C(=O)NC(CO)C(=O)O. The minimum Gasteiger partial charge on any atom is -0.480 e. The van der Waals surface area contributed by atoms with E-state index in [0.717, 1.165) is 0 Å². The molecule has 0 spiro atoms. The van der Waals surface area contributed by atoms with Crippen molar-refractivity contribution in [1.82, 2.24) is 25.9 Å². The lowest BCUT2D eigenvalue weighted by molar-refractivity contribution is -0.143. The van der Waals surface area contributed by atoms with Crippen LogP contribution in [0.1, 0.15) is 39.8 Å². The van der Waals surface area contributed by atoms with Gasteiger partial charge in [0.25, 0.3) is 0 Å².